The monoisotopic (exact) mass is 244 g/mol. The minimum Gasteiger partial charge on any atom is -0.396 e. The van der Waals surface area contributed by atoms with E-state index < -0.39 is 21.9 Å². The molecule has 0 heterocycles. The average molecular weight is 244 g/mol. The third kappa shape index (κ3) is 2.57. The van der Waals surface area contributed by atoms with Gasteiger partial charge in [0.1, 0.15) is 11.1 Å². The molecule has 3 N–H and O–H groups in total. The maximum Gasteiger partial charge on any atom is 0.235 e. The van der Waals surface area contributed by atoms with Gasteiger partial charge in [0.05, 0.1) is 16.5 Å². The molecule has 0 saturated heterocycles. The van der Waals surface area contributed by atoms with E-state index in [9.17, 15) is 13.4 Å². The van der Waals surface area contributed by atoms with E-state index in [1.807, 2.05) is 0 Å². The summed E-state index contributed by atoms with van der Waals surface area (Å²) >= 11 is 0. The lowest BCUT2D eigenvalue weighted by Gasteiger charge is -2.10. The molecule has 2 atom stereocenters. The Morgan fingerprint density at radius 3 is 2.69 bits per heavy atom. The van der Waals surface area contributed by atoms with Crippen LogP contribution in [0, 0.1) is 5.82 Å². The van der Waals surface area contributed by atoms with Gasteiger partial charge in [-0.05, 0) is 25.1 Å². The number of amides is 1. The van der Waals surface area contributed by atoms with E-state index in [2.05, 4.69) is 5.32 Å². The number of anilines is 1. The molecular formula is C10H13FN2O2S. The molecule has 0 aromatic heterocycles. The molecule has 1 aromatic carbocycles. The fraction of sp³-hybridized carbons (Fsp3) is 0.300. The number of hydrogen-bond donors (Lipinski definition) is 2. The van der Waals surface area contributed by atoms with E-state index in [0.717, 1.165) is 6.07 Å². The fourth-order valence-corrected chi connectivity index (χ4v) is 2.28. The molecule has 1 aromatic rings. The Bertz CT molecular complexity index is 437. The molecule has 1 amide bonds. The highest BCUT2D eigenvalue weighted by Gasteiger charge is 2.20. The first-order valence-corrected chi connectivity index (χ1v) is 5.86. The van der Waals surface area contributed by atoms with E-state index >= 15 is 0 Å². The summed E-state index contributed by atoms with van der Waals surface area (Å²) in [5, 5.41) is 1.66. The van der Waals surface area contributed by atoms with Gasteiger partial charge in [0.25, 0.3) is 0 Å². The van der Waals surface area contributed by atoms with Gasteiger partial charge in [-0.2, -0.15) is 0 Å². The van der Waals surface area contributed by atoms with Gasteiger partial charge in [0.15, 0.2) is 0 Å². The molecular weight excluding hydrogens is 231 g/mol. The lowest BCUT2D eigenvalue weighted by Crippen LogP contribution is -2.32. The highest BCUT2D eigenvalue weighted by molar-refractivity contribution is 7.86. The molecule has 1 rings (SSSR count). The van der Waals surface area contributed by atoms with Crippen molar-refractivity contribution in [2.75, 3.05) is 12.8 Å². The van der Waals surface area contributed by atoms with Crippen molar-refractivity contribution in [3.05, 3.63) is 24.0 Å². The summed E-state index contributed by atoms with van der Waals surface area (Å²) in [6, 6.07) is 3.87. The van der Waals surface area contributed by atoms with Gasteiger partial charge in [-0.1, -0.05) is 0 Å². The topological polar surface area (TPSA) is 72.2 Å². The first-order valence-electron chi connectivity index (χ1n) is 4.64. The Hall–Kier alpha value is -1.43. The molecule has 0 aliphatic rings. The van der Waals surface area contributed by atoms with E-state index in [1.165, 1.54) is 26.1 Å². The zero-order valence-electron chi connectivity index (χ0n) is 8.99. The number of rotatable bonds is 3. The van der Waals surface area contributed by atoms with Crippen LogP contribution in [0.5, 0.6) is 0 Å². The average Bonchev–Trinajstić information content (AvgIpc) is 2.29. The molecule has 2 unspecified atom stereocenters. The van der Waals surface area contributed by atoms with Crippen LogP contribution in [0.4, 0.5) is 10.1 Å². The molecule has 0 spiro atoms. The van der Waals surface area contributed by atoms with Crippen molar-refractivity contribution < 1.29 is 13.4 Å². The Morgan fingerprint density at radius 2 is 2.19 bits per heavy atom. The zero-order chi connectivity index (χ0) is 12.3. The van der Waals surface area contributed by atoms with Crippen LogP contribution >= 0.6 is 0 Å². The fourth-order valence-electron chi connectivity index (χ4n) is 1.14. The number of nitrogens with two attached hydrogens (primary N) is 1. The van der Waals surface area contributed by atoms with E-state index in [-0.39, 0.29) is 16.5 Å². The molecule has 0 aliphatic carbocycles. The number of hydrogen-bond acceptors (Lipinski definition) is 3. The number of halogens is 1. The van der Waals surface area contributed by atoms with Crippen molar-refractivity contribution in [1.82, 2.24) is 5.32 Å². The van der Waals surface area contributed by atoms with Crippen LogP contribution in [0.15, 0.2) is 23.1 Å². The van der Waals surface area contributed by atoms with Crippen LogP contribution < -0.4 is 11.1 Å². The molecule has 4 nitrogen and oxygen atoms in total. The van der Waals surface area contributed by atoms with Gasteiger partial charge >= 0.3 is 0 Å². The molecule has 6 heteroatoms. The molecule has 0 radical (unpaired) electrons. The minimum absolute atomic E-state index is 0.00616. The highest BCUT2D eigenvalue weighted by atomic mass is 32.2. The first kappa shape index (κ1) is 12.6. The van der Waals surface area contributed by atoms with E-state index in [1.54, 1.807) is 0 Å². The van der Waals surface area contributed by atoms with Crippen LogP contribution in [0.3, 0.4) is 0 Å². The Kier molecular flexibility index (Phi) is 4.00. The molecule has 88 valence electrons. The quantitative estimate of drug-likeness (QED) is 0.767. The number of benzene rings is 1. The molecule has 16 heavy (non-hydrogen) atoms. The maximum absolute atomic E-state index is 13.1. The van der Waals surface area contributed by atoms with Crippen LogP contribution in [0.1, 0.15) is 6.92 Å². The number of nitrogen functional groups attached to an aromatic ring is 1. The van der Waals surface area contributed by atoms with E-state index in [0.29, 0.717) is 0 Å². The number of nitrogens with one attached hydrogen (secondary N) is 1. The third-order valence-electron chi connectivity index (χ3n) is 2.14. The SMILES string of the molecule is CNC(=O)C(C)S(=O)c1ccc(N)c(F)c1. The van der Waals surface area contributed by atoms with Gasteiger partial charge in [-0.15, -0.1) is 0 Å². The second kappa shape index (κ2) is 5.07. The minimum atomic E-state index is -1.58. The summed E-state index contributed by atoms with van der Waals surface area (Å²) in [7, 11) is -0.126. The number of carbonyl (C=O) groups excluding carboxylic acids is 1. The van der Waals surface area contributed by atoms with Crippen molar-refractivity contribution in [1.29, 1.82) is 0 Å². The summed E-state index contributed by atoms with van der Waals surface area (Å²) in [5.41, 5.74) is 5.29. The highest BCUT2D eigenvalue weighted by Crippen LogP contribution is 2.17. The zero-order valence-corrected chi connectivity index (χ0v) is 9.81. The smallest absolute Gasteiger partial charge is 0.235 e. The largest absolute Gasteiger partial charge is 0.396 e. The van der Waals surface area contributed by atoms with Crippen molar-refractivity contribution >= 4 is 22.4 Å². The van der Waals surface area contributed by atoms with Crippen molar-refractivity contribution in [3.63, 3.8) is 0 Å². The van der Waals surface area contributed by atoms with Crippen LogP contribution in [-0.4, -0.2) is 22.4 Å². The Labute approximate surface area is 95.5 Å². The Morgan fingerprint density at radius 1 is 1.56 bits per heavy atom. The predicted octanol–water partition coefficient (Wildman–Crippen LogP) is 0.650. The third-order valence-corrected chi connectivity index (χ3v) is 3.72. The summed E-state index contributed by atoms with van der Waals surface area (Å²) in [6.07, 6.45) is 0. The normalized spacial score (nSPS) is 14.2. The van der Waals surface area contributed by atoms with Crippen molar-refractivity contribution in [2.24, 2.45) is 0 Å². The molecule has 0 saturated carbocycles. The Balaban J connectivity index is 2.97. The summed E-state index contributed by atoms with van der Waals surface area (Å²) < 4.78 is 25.0. The second-order valence-corrected chi connectivity index (χ2v) is 5.01. The van der Waals surface area contributed by atoms with Gasteiger partial charge in [0, 0.05) is 11.9 Å². The van der Waals surface area contributed by atoms with Gasteiger partial charge < -0.3 is 11.1 Å². The van der Waals surface area contributed by atoms with Crippen LogP contribution in [-0.2, 0) is 15.6 Å². The molecule has 0 aliphatic heterocycles. The van der Waals surface area contributed by atoms with Crippen molar-refractivity contribution in [2.45, 2.75) is 17.1 Å². The molecule has 0 fully saturated rings. The van der Waals surface area contributed by atoms with Crippen LogP contribution in [0.2, 0.25) is 0 Å². The van der Waals surface area contributed by atoms with Crippen LogP contribution in [0.25, 0.3) is 0 Å². The van der Waals surface area contributed by atoms with Gasteiger partial charge in [-0.3, -0.25) is 9.00 Å². The van der Waals surface area contributed by atoms with Crippen molar-refractivity contribution in [3.8, 4) is 0 Å². The summed E-state index contributed by atoms with van der Waals surface area (Å²) in [6.45, 7) is 1.52. The lowest BCUT2D eigenvalue weighted by molar-refractivity contribution is -0.119. The first-order chi connectivity index (χ1) is 7.47. The van der Waals surface area contributed by atoms with Gasteiger partial charge in [-0.25, -0.2) is 4.39 Å². The summed E-state index contributed by atoms with van der Waals surface area (Å²) in [4.78, 5) is 11.5. The van der Waals surface area contributed by atoms with E-state index in [4.69, 9.17) is 5.73 Å². The van der Waals surface area contributed by atoms with Gasteiger partial charge in [0.2, 0.25) is 5.91 Å². The predicted molar refractivity (Wildman–Crippen MR) is 60.7 cm³/mol. The lowest BCUT2D eigenvalue weighted by atomic mass is 10.3. The molecule has 0 bridgehead atoms. The second-order valence-electron chi connectivity index (χ2n) is 3.24. The standard InChI is InChI=1S/C10H13FN2O2S/c1-6(10(14)13-2)16(15)7-3-4-9(12)8(11)5-7/h3-6H,12H2,1-2H3,(H,13,14). The number of carbonyl (C=O) groups is 1. The summed E-state index contributed by atoms with van der Waals surface area (Å²) in [5.74, 6) is -0.981. The maximum atomic E-state index is 13.1.